The summed E-state index contributed by atoms with van der Waals surface area (Å²) in [6, 6.07) is 4.26. The first kappa shape index (κ1) is 27.5. The molecule has 208 valence electrons. The van der Waals surface area contributed by atoms with E-state index in [2.05, 4.69) is 20.9 Å². The largest absolute Gasteiger partial charge is 0.501 e. The van der Waals surface area contributed by atoms with Crippen molar-refractivity contribution >= 4 is 23.8 Å². The average molecular weight is 545 g/mol. The van der Waals surface area contributed by atoms with E-state index in [0.717, 1.165) is 9.47 Å². The van der Waals surface area contributed by atoms with E-state index in [1.165, 1.54) is 32.3 Å². The van der Waals surface area contributed by atoms with Gasteiger partial charge in [0.1, 0.15) is 11.6 Å². The Balaban J connectivity index is 1.76. The normalized spacial score (nSPS) is 21.3. The molecule has 0 spiro atoms. The lowest BCUT2D eigenvalue weighted by molar-refractivity contribution is -0.145. The summed E-state index contributed by atoms with van der Waals surface area (Å²) in [5.41, 5.74) is -3.14. The molecule has 3 heterocycles. The summed E-state index contributed by atoms with van der Waals surface area (Å²) in [5.74, 6) is -4.14. The number of hydrogen-bond acceptors (Lipinski definition) is 7. The van der Waals surface area contributed by atoms with Crippen LogP contribution >= 0.6 is 0 Å². The number of nitrogens with zero attached hydrogens (tertiary/aromatic N) is 3. The standard InChI is InChI=1S/C25H29FN6O7/c1-13-10-14(4-5-15(13)26)11-27-18(34)16-17(33)20(36)32-12-24(30-23(38)39)6-8-25(9-7-24,22(32)28-16)29-19(35)21(37)31(2)3/h4-5,10,30,33H,6-9,11-12H2,1-3H3,(H,27,34)(H,29,35)(H,38,39). The highest BCUT2D eigenvalue weighted by Crippen LogP contribution is 2.45. The number of aryl methyl sites for hydroxylation is 1. The van der Waals surface area contributed by atoms with E-state index in [0.29, 0.717) is 11.1 Å². The Labute approximate surface area is 222 Å². The minimum atomic E-state index is -1.39. The van der Waals surface area contributed by atoms with Gasteiger partial charge in [-0.05, 0) is 49.8 Å². The number of fused-ring (bicyclic) bond motifs is 2. The number of likely N-dealkylation sites (N-methyl/N-ethyl adjacent to an activating group) is 1. The Bertz CT molecular complexity index is 1430. The number of aromatic nitrogens is 2. The number of nitrogens with one attached hydrogen (secondary N) is 3. The molecule has 3 aliphatic rings. The molecule has 13 nitrogen and oxygen atoms in total. The van der Waals surface area contributed by atoms with Crippen molar-refractivity contribution in [1.82, 2.24) is 30.4 Å². The van der Waals surface area contributed by atoms with E-state index >= 15 is 0 Å². The smallest absolute Gasteiger partial charge is 0.405 e. The SMILES string of the molecule is Cc1cc(CNC(=O)c2nc3n(c(=O)c2O)CC2(NC(=O)O)CCC3(NC(=O)C(=O)N(C)C)CC2)ccc1F. The van der Waals surface area contributed by atoms with E-state index < -0.39 is 57.7 Å². The molecule has 14 heteroatoms. The molecule has 2 aromatic rings. The lowest BCUT2D eigenvalue weighted by atomic mass is 9.73. The summed E-state index contributed by atoms with van der Waals surface area (Å²) in [6.07, 6.45) is -0.732. The summed E-state index contributed by atoms with van der Waals surface area (Å²) in [5, 5.41) is 27.8. The number of rotatable bonds is 5. The van der Waals surface area contributed by atoms with Gasteiger partial charge in [0.15, 0.2) is 5.69 Å². The fourth-order valence-electron chi connectivity index (χ4n) is 5.18. The van der Waals surface area contributed by atoms with Crippen LogP contribution < -0.4 is 21.5 Å². The van der Waals surface area contributed by atoms with Crippen molar-refractivity contribution in [2.75, 3.05) is 14.1 Å². The first-order chi connectivity index (χ1) is 18.3. The quantitative estimate of drug-likeness (QED) is 0.333. The minimum absolute atomic E-state index is 0.0512. The van der Waals surface area contributed by atoms with Crippen molar-refractivity contribution in [1.29, 1.82) is 0 Å². The second kappa shape index (κ2) is 10.0. The molecule has 1 aliphatic carbocycles. The first-order valence-electron chi connectivity index (χ1n) is 12.2. The fraction of sp³-hybridized carbons (Fsp3) is 0.440. The number of aromatic hydroxyl groups is 1. The van der Waals surface area contributed by atoms with Crippen LogP contribution in [0.5, 0.6) is 5.75 Å². The van der Waals surface area contributed by atoms with Gasteiger partial charge in [-0.25, -0.2) is 14.2 Å². The van der Waals surface area contributed by atoms with Crippen LogP contribution in [0, 0.1) is 12.7 Å². The molecule has 39 heavy (non-hydrogen) atoms. The Kier molecular flexibility index (Phi) is 7.06. The van der Waals surface area contributed by atoms with Crippen molar-refractivity contribution in [2.24, 2.45) is 0 Å². The van der Waals surface area contributed by atoms with Crippen LogP contribution in [-0.4, -0.2) is 68.1 Å². The maximum Gasteiger partial charge on any atom is 0.405 e. The summed E-state index contributed by atoms with van der Waals surface area (Å²) >= 11 is 0. The van der Waals surface area contributed by atoms with Gasteiger partial charge >= 0.3 is 17.9 Å². The Morgan fingerprint density at radius 2 is 1.79 bits per heavy atom. The summed E-state index contributed by atoms with van der Waals surface area (Å²) in [7, 11) is 2.80. The van der Waals surface area contributed by atoms with Gasteiger partial charge in [0.05, 0.1) is 17.6 Å². The van der Waals surface area contributed by atoms with Gasteiger partial charge in [-0.1, -0.05) is 12.1 Å². The van der Waals surface area contributed by atoms with Crippen LogP contribution in [0.4, 0.5) is 9.18 Å². The van der Waals surface area contributed by atoms with Crippen molar-refractivity contribution < 1.29 is 33.8 Å². The molecule has 2 bridgehead atoms. The van der Waals surface area contributed by atoms with Gasteiger partial charge in [0, 0.05) is 20.6 Å². The Morgan fingerprint density at radius 3 is 2.38 bits per heavy atom. The van der Waals surface area contributed by atoms with E-state index in [1.54, 1.807) is 6.92 Å². The molecule has 0 radical (unpaired) electrons. The molecule has 1 fully saturated rings. The predicted molar refractivity (Wildman–Crippen MR) is 133 cm³/mol. The highest BCUT2D eigenvalue weighted by molar-refractivity contribution is 6.35. The molecule has 1 aromatic carbocycles. The van der Waals surface area contributed by atoms with Gasteiger partial charge < -0.3 is 31.1 Å². The maximum absolute atomic E-state index is 13.6. The van der Waals surface area contributed by atoms with Gasteiger partial charge in [-0.15, -0.1) is 0 Å². The molecular weight excluding hydrogens is 515 g/mol. The van der Waals surface area contributed by atoms with Crippen LogP contribution in [0.15, 0.2) is 23.0 Å². The number of carbonyl (C=O) groups excluding carboxylic acids is 3. The molecule has 1 saturated carbocycles. The number of carbonyl (C=O) groups is 4. The minimum Gasteiger partial charge on any atom is -0.501 e. The molecular formula is C25H29FN6O7. The summed E-state index contributed by atoms with van der Waals surface area (Å²) < 4.78 is 14.6. The monoisotopic (exact) mass is 544 g/mol. The molecule has 5 N–H and O–H groups in total. The number of halogens is 1. The van der Waals surface area contributed by atoms with Crippen LogP contribution in [0.2, 0.25) is 0 Å². The number of amides is 4. The molecule has 4 amide bonds. The average Bonchev–Trinajstić information content (AvgIpc) is 3.08. The zero-order chi connectivity index (χ0) is 28.7. The third-order valence-corrected chi connectivity index (χ3v) is 7.31. The van der Waals surface area contributed by atoms with Crippen LogP contribution in [-0.2, 0) is 28.2 Å². The predicted octanol–water partition coefficient (Wildman–Crippen LogP) is 0.320. The van der Waals surface area contributed by atoms with E-state index in [4.69, 9.17) is 0 Å². The van der Waals surface area contributed by atoms with Crippen molar-refractivity contribution in [3.63, 3.8) is 0 Å². The molecule has 5 rings (SSSR count). The number of benzene rings is 1. The van der Waals surface area contributed by atoms with Crippen LogP contribution in [0.3, 0.4) is 0 Å². The highest BCUT2D eigenvalue weighted by atomic mass is 19.1. The van der Waals surface area contributed by atoms with Gasteiger partial charge in [-0.2, -0.15) is 0 Å². The molecule has 1 aromatic heterocycles. The second-order valence-electron chi connectivity index (χ2n) is 10.2. The van der Waals surface area contributed by atoms with Gasteiger partial charge in [0.2, 0.25) is 5.75 Å². The van der Waals surface area contributed by atoms with Gasteiger partial charge in [-0.3, -0.25) is 23.7 Å². The second-order valence-corrected chi connectivity index (χ2v) is 10.2. The van der Waals surface area contributed by atoms with Crippen LogP contribution in [0.25, 0.3) is 0 Å². The molecule has 0 saturated heterocycles. The third kappa shape index (κ3) is 5.13. The zero-order valence-electron chi connectivity index (χ0n) is 21.6. The summed E-state index contributed by atoms with van der Waals surface area (Å²) in [4.78, 5) is 68.5. The van der Waals surface area contributed by atoms with Crippen molar-refractivity contribution in [3.8, 4) is 5.75 Å². The lowest BCUT2D eigenvalue weighted by Gasteiger charge is -2.42. The zero-order valence-corrected chi connectivity index (χ0v) is 21.6. The Hall–Kier alpha value is -4.49. The molecule has 2 aliphatic heterocycles. The molecule has 0 unspecified atom stereocenters. The van der Waals surface area contributed by atoms with E-state index in [-0.39, 0.29) is 44.6 Å². The fourth-order valence-corrected chi connectivity index (χ4v) is 5.18. The van der Waals surface area contributed by atoms with Gasteiger partial charge in [0.25, 0.3) is 11.5 Å². The number of hydrogen-bond donors (Lipinski definition) is 5. The Morgan fingerprint density at radius 1 is 1.13 bits per heavy atom. The first-order valence-corrected chi connectivity index (χ1v) is 12.2. The van der Waals surface area contributed by atoms with Crippen LogP contribution in [0.1, 0.15) is 53.1 Å². The molecule has 0 atom stereocenters. The summed E-state index contributed by atoms with van der Waals surface area (Å²) in [6.45, 7) is 1.31. The number of carboxylic acid groups (broad SMARTS) is 1. The van der Waals surface area contributed by atoms with E-state index in [1.807, 2.05) is 0 Å². The maximum atomic E-state index is 13.6. The third-order valence-electron chi connectivity index (χ3n) is 7.31. The van der Waals surface area contributed by atoms with Crippen molar-refractivity contribution in [3.05, 3.63) is 57.0 Å². The topological polar surface area (TPSA) is 183 Å². The lowest BCUT2D eigenvalue weighted by Crippen LogP contribution is -2.57. The van der Waals surface area contributed by atoms with Crippen molar-refractivity contribution in [2.45, 2.75) is 56.8 Å². The highest BCUT2D eigenvalue weighted by Gasteiger charge is 2.52. The van der Waals surface area contributed by atoms with E-state index in [9.17, 15) is 38.6 Å².